The largest absolute Gasteiger partial charge is 0.416 e. The van der Waals surface area contributed by atoms with E-state index in [1.807, 2.05) is 53.8 Å². The first-order valence-corrected chi connectivity index (χ1v) is 16.5. The summed E-state index contributed by atoms with van der Waals surface area (Å²) in [7, 11) is 0. The van der Waals surface area contributed by atoms with Crippen molar-refractivity contribution in [1.29, 1.82) is 0 Å². The molecule has 0 spiro atoms. The predicted octanol–water partition coefficient (Wildman–Crippen LogP) is 3.40. The van der Waals surface area contributed by atoms with Gasteiger partial charge in [-0.3, -0.25) is 24.0 Å². The van der Waals surface area contributed by atoms with Gasteiger partial charge >= 0.3 is 6.18 Å². The maximum Gasteiger partial charge on any atom is 0.416 e. The van der Waals surface area contributed by atoms with Crippen molar-refractivity contribution in [2.45, 2.75) is 82.9 Å². The van der Waals surface area contributed by atoms with Gasteiger partial charge in [-0.15, -0.1) is 0 Å². The highest BCUT2D eigenvalue weighted by Gasteiger charge is 2.44. The molecule has 0 aromatic heterocycles. The number of primary amides is 1. The van der Waals surface area contributed by atoms with Crippen LogP contribution in [0.2, 0.25) is 0 Å². The fourth-order valence-corrected chi connectivity index (χ4v) is 5.21. The molecular weight excluding hydrogens is 667 g/mol. The molecule has 2 unspecified atom stereocenters. The summed E-state index contributed by atoms with van der Waals surface area (Å²) in [4.78, 5) is 64.4. The van der Waals surface area contributed by atoms with E-state index in [1.54, 1.807) is 50.2 Å². The fraction of sp³-hybridized carbons (Fsp3) is 0.378. The summed E-state index contributed by atoms with van der Waals surface area (Å²) in [6.45, 7) is 4.66. The average Bonchev–Trinajstić information content (AvgIpc) is 3.10. The lowest BCUT2D eigenvalue weighted by molar-refractivity contribution is -0.212. The van der Waals surface area contributed by atoms with Gasteiger partial charge in [0.15, 0.2) is 6.10 Å². The summed E-state index contributed by atoms with van der Waals surface area (Å²) >= 11 is 0. The third kappa shape index (κ3) is 12.5. The van der Waals surface area contributed by atoms with Crippen LogP contribution in [0.25, 0.3) is 11.1 Å². The molecule has 0 aliphatic carbocycles. The van der Waals surface area contributed by atoms with Gasteiger partial charge in [0.1, 0.15) is 18.1 Å². The maximum atomic E-state index is 13.6. The topological polar surface area (TPSA) is 180 Å². The van der Waals surface area contributed by atoms with Gasteiger partial charge in [-0.1, -0.05) is 86.6 Å². The second kappa shape index (κ2) is 18.7. The Morgan fingerprint density at radius 3 is 1.82 bits per heavy atom. The van der Waals surface area contributed by atoms with Crippen LogP contribution >= 0.6 is 0 Å². The van der Waals surface area contributed by atoms with Crippen molar-refractivity contribution in [2.75, 3.05) is 0 Å². The zero-order valence-corrected chi connectivity index (χ0v) is 28.6. The third-order valence-corrected chi connectivity index (χ3v) is 8.19. The average molecular weight is 712 g/mol. The summed E-state index contributed by atoms with van der Waals surface area (Å²) < 4.78 is 39.8. The summed E-state index contributed by atoms with van der Waals surface area (Å²) in [5, 5.41) is 19.6. The van der Waals surface area contributed by atoms with Gasteiger partial charge in [-0.25, -0.2) is 0 Å². The normalized spacial score (nSPS) is 14.4. The van der Waals surface area contributed by atoms with Gasteiger partial charge in [-0.2, -0.15) is 13.2 Å². The first-order valence-electron chi connectivity index (χ1n) is 16.5. The molecule has 14 heteroatoms. The lowest BCUT2D eigenvalue weighted by Gasteiger charge is -2.28. The van der Waals surface area contributed by atoms with Crippen LogP contribution in [0.4, 0.5) is 13.2 Å². The monoisotopic (exact) mass is 711 g/mol. The van der Waals surface area contributed by atoms with E-state index in [0.717, 1.165) is 16.7 Å². The highest BCUT2D eigenvalue weighted by molar-refractivity contribution is 5.99. The lowest BCUT2D eigenvalue weighted by Crippen LogP contribution is -2.58. The Bertz CT molecular complexity index is 1620. The van der Waals surface area contributed by atoms with E-state index in [2.05, 4.69) is 16.0 Å². The van der Waals surface area contributed by atoms with Gasteiger partial charge in [0.2, 0.25) is 23.6 Å². The number of carbonyl (C=O) groups is 5. The number of hydrogen-bond acceptors (Lipinski definition) is 6. The molecule has 0 radical (unpaired) electrons. The number of amides is 5. The third-order valence-electron chi connectivity index (χ3n) is 8.19. The molecule has 11 nitrogen and oxygen atoms in total. The number of alkyl halides is 3. The Balaban J connectivity index is 1.74. The summed E-state index contributed by atoms with van der Waals surface area (Å²) in [5.41, 5.74) is 8.08. The molecule has 5 atom stereocenters. The van der Waals surface area contributed by atoms with E-state index in [-0.39, 0.29) is 6.42 Å². The van der Waals surface area contributed by atoms with Crippen LogP contribution in [0.3, 0.4) is 0 Å². The molecule has 51 heavy (non-hydrogen) atoms. The van der Waals surface area contributed by atoms with Crippen LogP contribution < -0.4 is 27.0 Å². The SMILES string of the molecule is CC(C)[C@H](NC(=O)c1ccc(-c2ccccc2)cc1)C(=O)N[C@H](CCc1ccccc1)C(=O)N[C@@H](C)C(=O)NC(CCC(N)=O)C(O)C(F)(F)F. The van der Waals surface area contributed by atoms with Crippen molar-refractivity contribution in [3.8, 4) is 11.1 Å². The van der Waals surface area contributed by atoms with Gasteiger partial charge in [-0.05, 0) is 60.9 Å². The summed E-state index contributed by atoms with van der Waals surface area (Å²) in [6.07, 6.45) is -8.84. The van der Waals surface area contributed by atoms with Crippen LogP contribution in [0.15, 0.2) is 84.9 Å². The Kier molecular flexibility index (Phi) is 14.7. The maximum absolute atomic E-state index is 13.6. The van der Waals surface area contributed by atoms with Gasteiger partial charge in [0.25, 0.3) is 5.91 Å². The van der Waals surface area contributed by atoms with E-state index in [4.69, 9.17) is 5.73 Å². The second-order valence-corrected chi connectivity index (χ2v) is 12.6. The van der Waals surface area contributed by atoms with E-state index in [1.165, 1.54) is 6.92 Å². The van der Waals surface area contributed by atoms with Crippen LogP contribution in [0.5, 0.6) is 0 Å². The fourth-order valence-electron chi connectivity index (χ4n) is 5.21. The standard InChI is InChI=1S/C37H44F3N5O6/c1-22(2)31(45-34(49)27-17-15-26(16-18-27)25-12-8-5-9-13-25)36(51)44-29(19-14-24-10-6-4-7-11-24)35(50)42-23(3)33(48)43-28(20-21-30(41)46)32(47)37(38,39)40/h4-13,15-18,22-23,28-29,31-32,47H,14,19-21H2,1-3H3,(H2,41,46)(H,42,50)(H,43,48)(H,44,51)(H,45,49)/t23-,28?,29+,31-,32?/m0/s1. The van der Waals surface area contributed by atoms with Crippen LogP contribution in [0.1, 0.15) is 56.0 Å². The number of aliphatic hydroxyl groups is 1. The lowest BCUT2D eigenvalue weighted by atomic mass is 9.99. The first-order chi connectivity index (χ1) is 24.1. The number of carbonyl (C=O) groups excluding carboxylic acids is 5. The number of rotatable bonds is 17. The Morgan fingerprint density at radius 2 is 1.27 bits per heavy atom. The minimum atomic E-state index is -5.11. The molecule has 0 saturated heterocycles. The van der Waals surface area contributed by atoms with Crippen LogP contribution in [-0.4, -0.2) is 71.1 Å². The molecule has 0 heterocycles. The molecule has 7 N–H and O–H groups in total. The minimum Gasteiger partial charge on any atom is -0.382 e. The van der Waals surface area contributed by atoms with E-state index >= 15 is 0 Å². The number of aliphatic hydroxyl groups excluding tert-OH is 1. The zero-order chi connectivity index (χ0) is 37.7. The summed E-state index contributed by atoms with van der Waals surface area (Å²) in [6, 6.07) is 19.9. The second-order valence-electron chi connectivity index (χ2n) is 12.6. The predicted molar refractivity (Wildman–Crippen MR) is 185 cm³/mol. The number of hydrogen-bond donors (Lipinski definition) is 6. The number of nitrogens with two attached hydrogens (primary N) is 1. The number of aryl methyl sites for hydroxylation is 1. The molecule has 274 valence electrons. The quantitative estimate of drug-likeness (QED) is 0.125. The summed E-state index contributed by atoms with van der Waals surface area (Å²) in [5.74, 6) is -4.39. The highest BCUT2D eigenvalue weighted by Crippen LogP contribution is 2.24. The first kappa shape index (κ1) is 40.2. The van der Waals surface area contributed by atoms with Crippen molar-refractivity contribution in [1.82, 2.24) is 21.3 Å². The molecule has 3 rings (SSSR count). The van der Waals surface area contributed by atoms with Crippen LogP contribution in [-0.2, 0) is 25.6 Å². The molecule has 0 saturated carbocycles. The molecule has 3 aromatic rings. The van der Waals surface area contributed by atoms with E-state index < -0.39 is 84.7 Å². The van der Waals surface area contributed by atoms with E-state index in [0.29, 0.717) is 12.0 Å². The number of halogens is 3. The van der Waals surface area contributed by atoms with Gasteiger partial charge in [0, 0.05) is 12.0 Å². The van der Waals surface area contributed by atoms with Crippen molar-refractivity contribution >= 4 is 29.5 Å². The molecule has 3 aromatic carbocycles. The number of nitrogens with one attached hydrogen (secondary N) is 4. The molecule has 0 aliphatic heterocycles. The van der Waals surface area contributed by atoms with Gasteiger partial charge < -0.3 is 32.1 Å². The smallest absolute Gasteiger partial charge is 0.382 e. The molecule has 0 bridgehead atoms. The van der Waals surface area contributed by atoms with Crippen LogP contribution in [0, 0.1) is 5.92 Å². The zero-order valence-electron chi connectivity index (χ0n) is 28.6. The van der Waals surface area contributed by atoms with E-state index in [9.17, 15) is 42.3 Å². The Morgan fingerprint density at radius 1 is 0.706 bits per heavy atom. The molecule has 5 amide bonds. The minimum absolute atomic E-state index is 0.0731. The molecule has 0 fully saturated rings. The van der Waals surface area contributed by atoms with Gasteiger partial charge in [0.05, 0.1) is 6.04 Å². The van der Waals surface area contributed by atoms with Crippen molar-refractivity contribution < 1.29 is 42.3 Å². The Hall–Kier alpha value is -5.24. The molecule has 0 aliphatic rings. The molecular formula is C37H44F3N5O6. The number of benzene rings is 3. The van der Waals surface area contributed by atoms with Crippen molar-refractivity contribution in [3.05, 3.63) is 96.1 Å². The Labute approximate surface area is 294 Å². The highest BCUT2D eigenvalue weighted by atomic mass is 19.4. The van der Waals surface area contributed by atoms with Crippen molar-refractivity contribution in [3.63, 3.8) is 0 Å². The van der Waals surface area contributed by atoms with Crippen molar-refractivity contribution in [2.24, 2.45) is 11.7 Å².